The first-order chi connectivity index (χ1) is 9.66. The molecule has 0 aliphatic carbocycles. The van der Waals surface area contributed by atoms with Crippen molar-refractivity contribution in [2.45, 2.75) is 0 Å². The predicted octanol–water partition coefficient (Wildman–Crippen LogP) is 5.43. The molecular formula is C17H12Br2O. The molecule has 2 aromatic carbocycles. The third kappa shape index (κ3) is 4.29. The molecule has 0 atom stereocenters. The summed E-state index contributed by atoms with van der Waals surface area (Å²) in [6.45, 7) is 0. The molecule has 0 amide bonds. The van der Waals surface area contributed by atoms with E-state index in [0.717, 1.165) is 11.1 Å². The van der Waals surface area contributed by atoms with Gasteiger partial charge in [-0.25, -0.2) is 0 Å². The molecule has 0 saturated carbocycles. The van der Waals surface area contributed by atoms with Crippen LogP contribution in [0.3, 0.4) is 0 Å². The lowest BCUT2D eigenvalue weighted by Gasteiger charge is -2.00. The smallest absolute Gasteiger partial charge is 0.206 e. The van der Waals surface area contributed by atoms with E-state index < -0.39 is 0 Å². The fraction of sp³-hybridized carbons (Fsp3) is 0. The molecule has 0 fully saturated rings. The van der Waals surface area contributed by atoms with Crippen LogP contribution in [0.5, 0.6) is 0 Å². The van der Waals surface area contributed by atoms with Crippen molar-refractivity contribution in [1.29, 1.82) is 0 Å². The number of allylic oxidation sites excluding steroid dienone is 2. The fourth-order valence-corrected chi connectivity index (χ4v) is 2.86. The molecule has 0 spiro atoms. The van der Waals surface area contributed by atoms with Crippen LogP contribution in [0.4, 0.5) is 0 Å². The zero-order chi connectivity index (χ0) is 14.4. The predicted molar refractivity (Wildman–Crippen MR) is 91.7 cm³/mol. The Morgan fingerprint density at radius 3 is 1.40 bits per heavy atom. The van der Waals surface area contributed by atoms with Gasteiger partial charge in [0, 0.05) is 0 Å². The Labute approximate surface area is 135 Å². The van der Waals surface area contributed by atoms with Crippen LogP contribution in [0.2, 0.25) is 0 Å². The van der Waals surface area contributed by atoms with Gasteiger partial charge >= 0.3 is 0 Å². The van der Waals surface area contributed by atoms with Crippen molar-refractivity contribution in [3.8, 4) is 0 Å². The minimum absolute atomic E-state index is 0.0855. The lowest BCUT2D eigenvalue weighted by Crippen LogP contribution is -1.96. The van der Waals surface area contributed by atoms with Gasteiger partial charge in [-0.15, -0.1) is 0 Å². The number of hydrogen-bond donors (Lipinski definition) is 0. The van der Waals surface area contributed by atoms with E-state index in [4.69, 9.17) is 0 Å². The van der Waals surface area contributed by atoms with Crippen LogP contribution in [0.15, 0.2) is 69.6 Å². The van der Waals surface area contributed by atoms with Crippen LogP contribution in [-0.4, -0.2) is 5.78 Å². The molecule has 2 rings (SSSR count). The summed E-state index contributed by atoms with van der Waals surface area (Å²) < 4.78 is 1.03. The summed E-state index contributed by atoms with van der Waals surface area (Å²) in [6, 6.07) is 19.4. The lowest BCUT2D eigenvalue weighted by atomic mass is 10.1. The molecule has 0 aliphatic rings. The molecular weight excluding hydrogens is 380 g/mol. The molecule has 0 unspecified atom stereocenters. The van der Waals surface area contributed by atoms with Crippen LogP contribution in [-0.2, 0) is 4.79 Å². The van der Waals surface area contributed by atoms with Gasteiger partial charge in [-0.2, -0.15) is 0 Å². The van der Waals surface area contributed by atoms with Gasteiger partial charge in [-0.1, -0.05) is 60.7 Å². The summed E-state index contributed by atoms with van der Waals surface area (Å²) >= 11 is 6.67. The molecule has 1 nitrogen and oxygen atoms in total. The Bertz CT molecular complexity index is 586. The highest BCUT2D eigenvalue weighted by molar-refractivity contribution is 9.13. The summed E-state index contributed by atoms with van der Waals surface area (Å²) in [7, 11) is 0. The third-order valence-electron chi connectivity index (χ3n) is 2.62. The summed E-state index contributed by atoms with van der Waals surface area (Å²) in [6.07, 6.45) is 3.62. The molecule has 20 heavy (non-hydrogen) atoms. The Hall–Kier alpha value is -1.45. The topological polar surface area (TPSA) is 17.1 Å². The van der Waals surface area contributed by atoms with Gasteiger partial charge in [0.15, 0.2) is 0 Å². The average Bonchev–Trinajstić information content (AvgIpc) is 2.48. The molecule has 0 heterocycles. The van der Waals surface area contributed by atoms with E-state index in [1.165, 1.54) is 0 Å². The Balaban J connectivity index is 2.19. The van der Waals surface area contributed by atoms with Gasteiger partial charge in [0.2, 0.25) is 5.78 Å². The summed E-state index contributed by atoms with van der Waals surface area (Å²) in [5, 5.41) is 0. The van der Waals surface area contributed by atoms with E-state index >= 15 is 0 Å². The van der Waals surface area contributed by atoms with Crippen molar-refractivity contribution in [2.24, 2.45) is 0 Å². The van der Waals surface area contributed by atoms with Crippen molar-refractivity contribution in [3.05, 3.63) is 80.8 Å². The first kappa shape index (κ1) is 14.9. The number of benzene rings is 2. The molecule has 0 saturated heterocycles. The maximum Gasteiger partial charge on any atom is 0.206 e. The van der Waals surface area contributed by atoms with Crippen LogP contribution in [0.25, 0.3) is 12.2 Å². The fourth-order valence-electron chi connectivity index (χ4n) is 1.64. The van der Waals surface area contributed by atoms with Gasteiger partial charge in [0.1, 0.15) is 0 Å². The zero-order valence-electron chi connectivity index (χ0n) is 10.6. The van der Waals surface area contributed by atoms with E-state index in [2.05, 4.69) is 31.9 Å². The van der Waals surface area contributed by atoms with Gasteiger partial charge < -0.3 is 0 Å². The lowest BCUT2D eigenvalue weighted by molar-refractivity contribution is -0.110. The van der Waals surface area contributed by atoms with Gasteiger partial charge in [-0.3, -0.25) is 4.79 Å². The van der Waals surface area contributed by atoms with Crippen molar-refractivity contribution >= 4 is 49.8 Å². The Morgan fingerprint density at radius 2 is 1.05 bits per heavy atom. The number of hydrogen-bond acceptors (Lipinski definition) is 1. The van der Waals surface area contributed by atoms with E-state index in [9.17, 15) is 4.79 Å². The monoisotopic (exact) mass is 390 g/mol. The standard InChI is InChI=1S/C17H12Br2O/c18-15(11-13-7-3-1-4-8-13)17(20)16(19)12-14-9-5-2-6-10-14/h1-12H. The number of halogens is 2. The number of rotatable bonds is 4. The Kier molecular flexibility index (Phi) is 5.50. The first-order valence-corrected chi connectivity index (χ1v) is 7.64. The van der Waals surface area contributed by atoms with Crippen molar-refractivity contribution in [1.82, 2.24) is 0 Å². The summed E-state index contributed by atoms with van der Waals surface area (Å²) in [5.41, 5.74) is 1.96. The molecule has 0 aliphatic heterocycles. The highest BCUT2D eigenvalue weighted by atomic mass is 79.9. The normalized spacial score (nSPS) is 12.3. The van der Waals surface area contributed by atoms with Crippen LogP contribution < -0.4 is 0 Å². The summed E-state index contributed by atoms with van der Waals surface area (Å²) in [4.78, 5) is 12.2. The van der Waals surface area contributed by atoms with E-state index in [1.807, 2.05) is 72.8 Å². The SMILES string of the molecule is O=C(C(Br)=Cc1ccccc1)C(Br)=Cc1ccccc1. The molecule has 100 valence electrons. The van der Waals surface area contributed by atoms with Crippen molar-refractivity contribution < 1.29 is 4.79 Å². The van der Waals surface area contributed by atoms with Crippen LogP contribution >= 0.6 is 31.9 Å². The second-order valence-electron chi connectivity index (χ2n) is 4.14. The van der Waals surface area contributed by atoms with E-state index in [-0.39, 0.29) is 5.78 Å². The highest BCUT2D eigenvalue weighted by Gasteiger charge is 2.10. The first-order valence-electron chi connectivity index (χ1n) is 6.06. The third-order valence-corrected chi connectivity index (χ3v) is 3.80. The van der Waals surface area contributed by atoms with Crippen LogP contribution in [0, 0.1) is 0 Å². The molecule has 3 heteroatoms. The quantitative estimate of drug-likeness (QED) is 0.635. The number of carbonyl (C=O) groups is 1. The van der Waals surface area contributed by atoms with E-state index in [0.29, 0.717) is 8.96 Å². The number of ketones is 1. The largest absolute Gasteiger partial charge is 0.287 e. The Morgan fingerprint density at radius 1 is 0.700 bits per heavy atom. The van der Waals surface area contributed by atoms with Gasteiger partial charge in [-0.05, 0) is 55.1 Å². The minimum Gasteiger partial charge on any atom is -0.287 e. The summed E-state index contributed by atoms with van der Waals surface area (Å²) in [5.74, 6) is -0.0855. The second kappa shape index (κ2) is 7.36. The maximum absolute atomic E-state index is 12.2. The van der Waals surface area contributed by atoms with Crippen molar-refractivity contribution in [2.75, 3.05) is 0 Å². The second-order valence-corrected chi connectivity index (χ2v) is 5.84. The van der Waals surface area contributed by atoms with Crippen molar-refractivity contribution in [3.63, 3.8) is 0 Å². The molecule has 0 N–H and O–H groups in total. The maximum atomic E-state index is 12.2. The van der Waals surface area contributed by atoms with Gasteiger partial charge in [0.25, 0.3) is 0 Å². The van der Waals surface area contributed by atoms with Crippen LogP contribution in [0.1, 0.15) is 11.1 Å². The van der Waals surface area contributed by atoms with E-state index in [1.54, 1.807) is 0 Å². The molecule has 0 radical (unpaired) electrons. The minimum atomic E-state index is -0.0855. The highest BCUT2D eigenvalue weighted by Crippen LogP contribution is 2.22. The zero-order valence-corrected chi connectivity index (χ0v) is 13.8. The number of carbonyl (C=O) groups excluding carboxylic acids is 1. The molecule has 2 aromatic rings. The molecule has 0 bridgehead atoms. The average molecular weight is 392 g/mol. The van der Waals surface area contributed by atoms with Gasteiger partial charge in [0.05, 0.1) is 8.96 Å². The molecule has 0 aromatic heterocycles. The number of Topliss-reactive ketones (excluding diaryl/α,β-unsaturated/α-hetero) is 1.